The van der Waals surface area contributed by atoms with Gasteiger partial charge in [0.05, 0.1) is 12.4 Å². The summed E-state index contributed by atoms with van der Waals surface area (Å²) < 4.78 is 11.4. The van der Waals surface area contributed by atoms with Gasteiger partial charge in [0.1, 0.15) is 11.4 Å². The van der Waals surface area contributed by atoms with Crippen molar-refractivity contribution in [2.45, 2.75) is 83.8 Å². The molecule has 0 saturated heterocycles. The molecule has 160 valence electrons. The summed E-state index contributed by atoms with van der Waals surface area (Å²) in [5.74, 6) is 3.28. The van der Waals surface area contributed by atoms with Crippen LogP contribution in [0.4, 0.5) is 0 Å². The van der Waals surface area contributed by atoms with Crippen LogP contribution in [-0.2, 0) is 10.3 Å². The Morgan fingerprint density at radius 3 is 2.69 bits per heavy atom. The number of ether oxygens (including phenoxy) is 1. The van der Waals surface area contributed by atoms with E-state index in [4.69, 9.17) is 9.15 Å². The quantitative estimate of drug-likeness (QED) is 0.627. The molecule has 1 aromatic rings. The Labute approximate surface area is 175 Å². The molecule has 0 spiro atoms. The largest absolute Gasteiger partial charge is 0.466 e. The lowest BCUT2D eigenvalue weighted by Crippen LogP contribution is -2.52. The van der Waals surface area contributed by atoms with Crippen LogP contribution in [0.25, 0.3) is 0 Å². The van der Waals surface area contributed by atoms with Gasteiger partial charge in [0, 0.05) is 13.0 Å². The van der Waals surface area contributed by atoms with E-state index in [1.807, 2.05) is 26.2 Å². The van der Waals surface area contributed by atoms with E-state index >= 15 is 0 Å². The van der Waals surface area contributed by atoms with Crippen molar-refractivity contribution < 1.29 is 14.3 Å². The van der Waals surface area contributed by atoms with E-state index in [9.17, 15) is 5.11 Å². The normalized spacial score (nSPS) is 46.2. The molecule has 3 nitrogen and oxygen atoms in total. The van der Waals surface area contributed by atoms with Crippen molar-refractivity contribution in [3.8, 4) is 0 Å². The second kappa shape index (κ2) is 6.72. The molecule has 3 fully saturated rings. The maximum atomic E-state index is 11.5. The SMILES string of the molecule is CO[C@H]1CC[C@@]2(C)C(=CC[C@H]3[C@@H]4CC[C@H]([C@@](C)(O)c5ccco5)[C@@]4(C)CC[C@@H]32)C1. The first-order valence-corrected chi connectivity index (χ1v) is 11.8. The van der Waals surface area contributed by atoms with Gasteiger partial charge in [0.15, 0.2) is 0 Å². The molecule has 4 aliphatic rings. The van der Waals surface area contributed by atoms with Crippen molar-refractivity contribution in [1.29, 1.82) is 0 Å². The predicted octanol–water partition coefficient (Wildman–Crippen LogP) is 6.08. The van der Waals surface area contributed by atoms with Gasteiger partial charge in [-0.15, -0.1) is 0 Å². The summed E-state index contributed by atoms with van der Waals surface area (Å²) in [5.41, 5.74) is 1.36. The smallest absolute Gasteiger partial charge is 0.135 e. The fourth-order valence-corrected chi connectivity index (χ4v) is 8.49. The minimum atomic E-state index is -0.879. The van der Waals surface area contributed by atoms with E-state index in [-0.39, 0.29) is 11.3 Å². The highest BCUT2D eigenvalue weighted by Crippen LogP contribution is 2.68. The zero-order valence-electron chi connectivity index (χ0n) is 18.6. The number of fused-ring (bicyclic) bond motifs is 5. The lowest BCUT2D eigenvalue weighted by Gasteiger charge is -2.58. The van der Waals surface area contributed by atoms with Crippen molar-refractivity contribution in [2.24, 2.45) is 34.5 Å². The number of hydrogen-bond acceptors (Lipinski definition) is 3. The molecule has 1 aromatic heterocycles. The Morgan fingerprint density at radius 1 is 1.14 bits per heavy atom. The molecule has 5 rings (SSSR count). The molecule has 3 heteroatoms. The molecule has 0 amide bonds. The summed E-state index contributed by atoms with van der Waals surface area (Å²) in [6, 6.07) is 3.85. The van der Waals surface area contributed by atoms with Crippen molar-refractivity contribution in [3.05, 3.63) is 35.8 Å². The number of methoxy groups -OCH3 is 1. The molecule has 0 aromatic carbocycles. The summed E-state index contributed by atoms with van der Waals surface area (Å²) in [6.07, 6.45) is 14.4. The first kappa shape index (κ1) is 19.9. The lowest BCUT2D eigenvalue weighted by molar-refractivity contribution is -0.113. The fourth-order valence-electron chi connectivity index (χ4n) is 8.49. The molecule has 8 atom stereocenters. The first-order chi connectivity index (χ1) is 13.8. The van der Waals surface area contributed by atoms with Gasteiger partial charge in [-0.3, -0.25) is 0 Å². The van der Waals surface area contributed by atoms with Gasteiger partial charge >= 0.3 is 0 Å². The topological polar surface area (TPSA) is 42.6 Å². The highest BCUT2D eigenvalue weighted by Gasteiger charge is 2.62. The number of aliphatic hydroxyl groups is 1. The van der Waals surface area contributed by atoms with Crippen LogP contribution in [0, 0.1) is 34.5 Å². The van der Waals surface area contributed by atoms with E-state index < -0.39 is 5.60 Å². The summed E-state index contributed by atoms with van der Waals surface area (Å²) in [7, 11) is 1.87. The third-order valence-corrected chi connectivity index (χ3v) is 10.1. The van der Waals surface area contributed by atoms with E-state index in [1.165, 1.54) is 38.5 Å². The van der Waals surface area contributed by atoms with E-state index in [1.54, 1.807) is 11.8 Å². The van der Waals surface area contributed by atoms with Gasteiger partial charge in [0.25, 0.3) is 0 Å². The van der Waals surface area contributed by atoms with Crippen LogP contribution in [0.3, 0.4) is 0 Å². The minimum Gasteiger partial charge on any atom is -0.466 e. The standard InChI is InChI=1S/C26H38O3/c1-24-13-11-18(28-4)16-17(24)7-8-19-20-9-10-22(25(20,2)14-12-21(19)24)26(3,27)23-6-5-15-29-23/h5-7,15,18-22,27H,8-14,16H2,1-4H3/t18-,19-,20-,21-,22-,24-,25-,26+/m0/s1. The fraction of sp³-hybridized carbons (Fsp3) is 0.769. The Hall–Kier alpha value is -1.06. The molecule has 1 heterocycles. The van der Waals surface area contributed by atoms with Gasteiger partial charge in [-0.05, 0) is 99.0 Å². The molecule has 3 saturated carbocycles. The van der Waals surface area contributed by atoms with Gasteiger partial charge in [0.2, 0.25) is 0 Å². The Kier molecular flexibility index (Phi) is 4.61. The Balaban J connectivity index is 1.44. The summed E-state index contributed by atoms with van der Waals surface area (Å²) in [6.45, 7) is 7.02. The number of allylic oxidation sites excluding steroid dienone is 1. The van der Waals surface area contributed by atoms with Gasteiger partial charge in [-0.25, -0.2) is 0 Å². The second-order valence-electron chi connectivity index (χ2n) is 11.2. The molecule has 0 unspecified atom stereocenters. The maximum Gasteiger partial charge on any atom is 0.135 e. The van der Waals surface area contributed by atoms with E-state index in [2.05, 4.69) is 19.9 Å². The van der Waals surface area contributed by atoms with Crippen LogP contribution in [0.5, 0.6) is 0 Å². The molecule has 1 N–H and O–H groups in total. The van der Waals surface area contributed by atoms with E-state index in [0.29, 0.717) is 17.4 Å². The van der Waals surface area contributed by atoms with Crippen molar-refractivity contribution in [2.75, 3.05) is 7.11 Å². The molecule has 0 aliphatic heterocycles. The average molecular weight is 399 g/mol. The molecule has 4 aliphatic carbocycles. The summed E-state index contributed by atoms with van der Waals surface area (Å²) in [5, 5.41) is 11.5. The van der Waals surface area contributed by atoms with Crippen LogP contribution < -0.4 is 0 Å². The van der Waals surface area contributed by atoms with Gasteiger partial charge < -0.3 is 14.3 Å². The van der Waals surface area contributed by atoms with E-state index in [0.717, 1.165) is 30.4 Å². The van der Waals surface area contributed by atoms with Crippen molar-refractivity contribution in [1.82, 2.24) is 0 Å². The number of rotatable bonds is 3. The monoisotopic (exact) mass is 398 g/mol. The number of hydrogen-bond donors (Lipinski definition) is 1. The minimum absolute atomic E-state index is 0.197. The molecule has 29 heavy (non-hydrogen) atoms. The first-order valence-electron chi connectivity index (χ1n) is 11.8. The molecular formula is C26H38O3. The highest BCUT2D eigenvalue weighted by atomic mass is 16.5. The lowest BCUT2D eigenvalue weighted by atomic mass is 9.46. The van der Waals surface area contributed by atoms with Crippen LogP contribution in [-0.4, -0.2) is 18.3 Å². The zero-order chi connectivity index (χ0) is 20.4. The van der Waals surface area contributed by atoms with Crippen LogP contribution in [0.15, 0.2) is 34.5 Å². The van der Waals surface area contributed by atoms with Gasteiger partial charge in [-0.2, -0.15) is 0 Å². The van der Waals surface area contributed by atoms with Crippen LogP contribution >= 0.6 is 0 Å². The third kappa shape index (κ3) is 2.76. The average Bonchev–Trinajstić information content (AvgIpc) is 3.35. The van der Waals surface area contributed by atoms with Crippen LogP contribution in [0.1, 0.15) is 77.9 Å². The van der Waals surface area contributed by atoms with Gasteiger partial charge in [-0.1, -0.05) is 25.5 Å². The molecule has 0 bridgehead atoms. The summed E-state index contributed by atoms with van der Waals surface area (Å²) >= 11 is 0. The number of furan rings is 1. The molecule has 0 radical (unpaired) electrons. The van der Waals surface area contributed by atoms with Crippen LogP contribution in [0.2, 0.25) is 0 Å². The second-order valence-corrected chi connectivity index (χ2v) is 11.2. The third-order valence-electron chi connectivity index (χ3n) is 10.1. The van der Waals surface area contributed by atoms with Crippen molar-refractivity contribution >= 4 is 0 Å². The Morgan fingerprint density at radius 2 is 1.97 bits per heavy atom. The van der Waals surface area contributed by atoms with Crippen molar-refractivity contribution in [3.63, 3.8) is 0 Å². The Bertz CT molecular complexity index is 778. The molecular weight excluding hydrogens is 360 g/mol. The maximum absolute atomic E-state index is 11.5. The highest BCUT2D eigenvalue weighted by molar-refractivity contribution is 5.26. The zero-order valence-corrected chi connectivity index (χ0v) is 18.6. The summed E-state index contributed by atoms with van der Waals surface area (Å²) in [4.78, 5) is 0. The predicted molar refractivity (Wildman–Crippen MR) is 114 cm³/mol.